The van der Waals surface area contributed by atoms with E-state index in [-0.39, 0.29) is 0 Å². The average Bonchev–Trinajstić information content (AvgIpc) is 2.83. The Bertz CT molecular complexity index is 803. The van der Waals surface area contributed by atoms with Gasteiger partial charge in [-0.1, -0.05) is 0 Å². The number of aromatic nitrogens is 3. The number of hydrogen-bond acceptors (Lipinski definition) is 5. The molecular weight excluding hydrogens is 272 g/mol. The molecule has 6 heteroatoms. The summed E-state index contributed by atoms with van der Waals surface area (Å²) < 4.78 is 8.84. The van der Waals surface area contributed by atoms with Gasteiger partial charge in [-0.15, -0.1) is 11.3 Å². The Morgan fingerprint density at radius 2 is 2.00 bits per heavy atom. The lowest BCUT2D eigenvalue weighted by Gasteiger charge is -2.08. The quantitative estimate of drug-likeness (QED) is 0.734. The molecule has 0 atom stereocenters. The van der Waals surface area contributed by atoms with Crippen LogP contribution in [0.25, 0.3) is 10.2 Å². The second kappa shape index (κ2) is 4.49. The lowest BCUT2D eigenvalue weighted by molar-refractivity contribution is 0.477. The number of ether oxygens (including phenoxy) is 1. The van der Waals surface area contributed by atoms with E-state index in [2.05, 4.69) is 10.1 Å². The maximum atomic E-state index is 6.08. The molecule has 2 heterocycles. The molecule has 0 unspecified atom stereocenters. The zero-order valence-electron chi connectivity index (χ0n) is 11.9. The molecule has 0 spiro atoms. The number of nitrogens with zero attached hydrogens (tertiary/aromatic N) is 3. The summed E-state index contributed by atoms with van der Waals surface area (Å²) in [6.07, 6.45) is 0. The number of rotatable bonds is 2. The van der Waals surface area contributed by atoms with Crippen molar-refractivity contribution in [3.63, 3.8) is 0 Å². The fraction of sp³-hybridized carbons (Fsp3) is 0.286. The largest absolute Gasteiger partial charge is 0.451 e. The van der Waals surface area contributed by atoms with Crippen molar-refractivity contribution < 1.29 is 4.74 Å². The summed E-state index contributed by atoms with van der Waals surface area (Å²) in [4.78, 5) is 4.47. The molecule has 104 valence electrons. The average molecular weight is 288 g/mol. The minimum atomic E-state index is 0.615. The number of fused-ring (bicyclic) bond motifs is 1. The van der Waals surface area contributed by atoms with Crippen LogP contribution in [0.1, 0.15) is 16.4 Å². The normalized spacial score (nSPS) is 11.2. The van der Waals surface area contributed by atoms with E-state index in [1.54, 1.807) is 16.0 Å². The van der Waals surface area contributed by atoms with E-state index in [1.807, 2.05) is 40.0 Å². The van der Waals surface area contributed by atoms with Crippen LogP contribution >= 0.6 is 11.3 Å². The Hall–Kier alpha value is -2.08. The van der Waals surface area contributed by atoms with E-state index < -0.39 is 0 Å². The number of aryl methyl sites for hydroxylation is 3. The molecule has 2 N–H and O–H groups in total. The summed E-state index contributed by atoms with van der Waals surface area (Å²) in [7, 11) is 1.89. The minimum Gasteiger partial charge on any atom is -0.451 e. The fourth-order valence-corrected chi connectivity index (χ4v) is 3.04. The fourth-order valence-electron chi connectivity index (χ4n) is 2.19. The van der Waals surface area contributed by atoms with Gasteiger partial charge in [0.05, 0.1) is 26.6 Å². The third kappa shape index (κ3) is 2.02. The van der Waals surface area contributed by atoms with E-state index in [4.69, 9.17) is 10.5 Å². The SMILES string of the molecule is Cc1nc2cc(Oc3c(C)nn(C)c3C)c(N)cc2s1. The predicted molar refractivity (Wildman–Crippen MR) is 81.5 cm³/mol. The zero-order valence-corrected chi connectivity index (χ0v) is 12.7. The summed E-state index contributed by atoms with van der Waals surface area (Å²) in [6.45, 7) is 5.87. The Balaban J connectivity index is 2.07. The molecule has 3 rings (SSSR count). The van der Waals surface area contributed by atoms with Crippen LogP contribution in [-0.4, -0.2) is 14.8 Å². The molecule has 0 saturated heterocycles. The monoisotopic (exact) mass is 288 g/mol. The van der Waals surface area contributed by atoms with Crippen molar-refractivity contribution in [1.82, 2.24) is 14.8 Å². The van der Waals surface area contributed by atoms with Crippen molar-refractivity contribution in [3.05, 3.63) is 28.5 Å². The standard InChI is InChI=1S/C14H16N4OS/c1-7-14(8(2)18(4)17-7)19-12-6-11-13(5-10(12)15)20-9(3)16-11/h5-6H,15H2,1-4H3. The lowest BCUT2D eigenvalue weighted by Crippen LogP contribution is -1.95. The van der Waals surface area contributed by atoms with Crippen LogP contribution in [0.4, 0.5) is 5.69 Å². The highest BCUT2D eigenvalue weighted by atomic mass is 32.1. The van der Waals surface area contributed by atoms with E-state index in [0.29, 0.717) is 11.4 Å². The molecule has 5 nitrogen and oxygen atoms in total. The first-order valence-electron chi connectivity index (χ1n) is 6.30. The van der Waals surface area contributed by atoms with Gasteiger partial charge in [-0.2, -0.15) is 5.10 Å². The van der Waals surface area contributed by atoms with Gasteiger partial charge in [0, 0.05) is 13.1 Å². The van der Waals surface area contributed by atoms with Gasteiger partial charge in [0.25, 0.3) is 0 Å². The van der Waals surface area contributed by atoms with Gasteiger partial charge in [0.2, 0.25) is 0 Å². The van der Waals surface area contributed by atoms with Crippen molar-refractivity contribution in [2.45, 2.75) is 20.8 Å². The molecule has 0 amide bonds. The van der Waals surface area contributed by atoms with Crippen LogP contribution in [-0.2, 0) is 7.05 Å². The highest BCUT2D eigenvalue weighted by Crippen LogP contribution is 2.36. The van der Waals surface area contributed by atoms with Gasteiger partial charge >= 0.3 is 0 Å². The van der Waals surface area contributed by atoms with E-state index in [1.165, 1.54) is 0 Å². The van der Waals surface area contributed by atoms with Crippen molar-refractivity contribution in [3.8, 4) is 11.5 Å². The van der Waals surface area contributed by atoms with Crippen LogP contribution in [0.15, 0.2) is 12.1 Å². The highest BCUT2D eigenvalue weighted by molar-refractivity contribution is 7.18. The van der Waals surface area contributed by atoms with Gasteiger partial charge in [0.1, 0.15) is 5.69 Å². The number of benzene rings is 1. The molecule has 20 heavy (non-hydrogen) atoms. The third-order valence-electron chi connectivity index (χ3n) is 3.28. The molecule has 1 aromatic carbocycles. The van der Waals surface area contributed by atoms with Crippen molar-refractivity contribution in [2.75, 3.05) is 5.73 Å². The summed E-state index contributed by atoms with van der Waals surface area (Å²) in [5.74, 6) is 1.38. The Labute approximate surface area is 121 Å². The first kappa shape index (κ1) is 12.9. The molecule has 0 fully saturated rings. The molecule has 0 bridgehead atoms. The molecular formula is C14H16N4OS. The molecule has 3 aromatic rings. The predicted octanol–water partition coefficient (Wildman–Crippen LogP) is 3.33. The summed E-state index contributed by atoms with van der Waals surface area (Å²) in [5.41, 5.74) is 9.42. The summed E-state index contributed by atoms with van der Waals surface area (Å²) >= 11 is 1.63. The number of hydrogen-bond donors (Lipinski definition) is 1. The minimum absolute atomic E-state index is 0.615. The lowest BCUT2D eigenvalue weighted by atomic mass is 10.2. The number of nitrogens with two attached hydrogens (primary N) is 1. The number of nitrogen functional groups attached to an aromatic ring is 1. The summed E-state index contributed by atoms with van der Waals surface area (Å²) in [5, 5.41) is 5.36. The Morgan fingerprint density at radius 1 is 1.25 bits per heavy atom. The molecule has 0 saturated carbocycles. The van der Waals surface area contributed by atoms with Crippen LogP contribution in [0, 0.1) is 20.8 Å². The van der Waals surface area contributed by atoms with E-state index in [9.17, 15) is 0 Å². The topological polar surface area (TPSA) is 66.0 Å². The van der Waals surface area contributed by atoms with Crippen molar-refractivity contribution >= 4 is 27.2 Å². The van der Waals surface area contributed by atoms with E-state index in [0.717, 1.165) is 32.4 Å². The Morgan fingerprint density at radius 3 is 2.65 bits per heavy atom. The molecule has 0 radical (unpaired) electrons. The first-order chi connectivity index (χ1) is 9.45. The van der Waals surface area contributed by atoms with Gasteiger partial charge in [-0.3, -0.25) is 4.68 Å². The summed E-state index contributed by atoms with van der Waals surface area (Å²) in [6, 6.07) is 3.80. The maximum Gasteiger partial charge on any atom is 0.171 e. The number of thiazole rings is 1. The maximum absolute atomic E-state index is 6.08. The molecule has 0 aliphatic carbocycles. The first-order valence-corrected chi connectivity index (χ1v) is 7.12. The van der Waals surface area contributed by atoms with Crippen LogP contribution in [0.3, 0.4) is 0 Å². The molecule has 0 aliphatic rings. The molecule has 0 aliphatic heterocycles. The van der Waals surface area contributed by atoms with Gasteiger partial charge in [-0.25, -0.2) is 4.98 Å². The van der Waals surface area contributed by atoms with Crippen LogP contribution in [0.2, 0.25) is 0 Å². The highest BCUT2D eigenvalue weighted by Gasteiger charge is 2.14. The van der Waals surface area contributed by atoms with Gasteiger partial charge in [-0.05, 0) is 26.8 Å². The zero-order chi connectivity index (χ0) is 14.4. The van der Waals surface area contributed by atoms with Crippen LogP contribution in [0.5, 0.6) is 11.5 Å². The number of anilines is 1. The van der Waals surface area contributed by atoms with E-state index >= 15 is 0 Å². The van der Waals surface area contributed by atoms with Crippen molar-refractivity contribution in [1.29, 1.82) is 0 Å². The molecule has 2 aromatic heterocycles. The third-order valence-corrected chi connectivity index (χ3v) is 4.22. The second-order valence-corrected chi connectivity index (χ2v) is 6.05. The van der Waals surface area contributed by atoms with Gasteiger partial charge < -0.3 is 10.5 Å². The second-order valence-electron chi connectivity index (χ2n) is 4.82. The van der Waals surface area contributed by atoms with Crippen LogP contribution < -0.4 is 10.5 Å². The Kier molecular flexibility index (Phi) is 2.90. The van der Waals surface area contributed by atoms with Gasteiger partial charge in [0.15, 0.2) is 11.5 Å². The smallest absolute Gasteiger partial charge is 0.171 e. The van der Waals surface area contributed by atoms with Crippen molar-refractivity contribution in [2.24, 2.45) is 7.05 Å².